The zero-order valence-electron chi connectivity index (χ0n) is 19.8. The Labute approximate surface area is 198 Å². The number of fused-ring (bicyclic) bond motifs is 1. The second-order valence-corrected chi connectivity index (χ2v) is 9.77. The molecule has 5 rings (SSSR count). The molecule has 3 heteroatoms. The average Bonchev–Trinajstić information content (AvgIpc) is 3.58. The fraction of sp³-hybridized carbons (Fsp3) is 0.400. The van der Waals surface area contributed by atoms with Gasteiger partial charge in [-0.2, -0.15) is 0 Å². The monoisotopic (exact) mass is 437 g/mol. The van der Waals surface area contributed by atoms with Gasteiger partial charge in [-0.25, -0.2) is 4.68 Å². The Morgan fingerprint density at radius 2 is 1.79 bits per heavy atom. The molecule has 1 saturated carbocycles. The van der Waals surface area contributed by atoms with Crippen molar-refractivity contribution in [1.82, 2.24) is 15.0 Å². The number of rotatable bonds is 9. The molecule has 0 unspecified atom stereocenters. The van der Waals surface area contributed by atoms with E-state index in [2.05, 4.69) is 82.6 Å². The van der Waals surface area contributed by atoms with Gasteiger partial charge < -0.3 is 0 Å². The van der Waals surface area contributed by atoms with Gasteiger partial charge in [-0.3, -0.25) is 0 Å². The highest BCUT2D eigenvalue weighted by atomic mass is 15.4. The van der Waals surface area contributed by atoms with Crippen LogP contribution in [0.3, 0.4) is 0 Å². The van der Waals surface area contributed by atoms with Gasteiger partial charge in [0.1, 0.15) is 0 Å². The van der Waals surface area contributed by atoms with Gasteiger partial charge in [-0.1, -0.05) is 104 Å². The number of hydrogen-bond acceptors (Lipinski definition) is 2. The van der Waals surface area contributed by atoms with E-state index in [1.807, 2.05) is 12.4 Å². The largest absolute Gasteiger partial charge is 0.249 e. The minimum Gasteiger partial charge on any atom is -0.249 e. The van der Waals surface area contributed by atoms with Crippen molar-refractivity contribution in [3.05, 3.63) is 96.3 Å². The maximum Gasteiger partial charge on any atom is 0.0693 e. The molecule has 3 atom stereocenters. The second-order valence-electron chi connectivity index (χ2n) is 9.77. The Kier molecular flexibility index (Phi) is 6.30. The molecule has 1 aromatic heterocycles. The van der Waals surface area contributed by atoms with E-state index in [4.69, 9.17) is 6.58 Å². The van der Waals surface area contributed by atoms with Crippen molar-refractivity contribution in [3.8, 4) is 0 Å². The summed E-state index contributed by atoms with van der Waals surface area (Å²) in [5.74, 6) is 0.461. The Morgan fingerprint density at radius 3 is 2.48 bits per heavy atom. The zero-order valence-corrected chi connectivity index (χ0v) is 19.8. The molecule has 0 aliphatic heterocycles. The lowest BCUT2D eigenvalue weighted by Gasteiger charge is -2.37. The molecule has 0 spiro atoms. The summed E-state index contributed by atoms with van der Waals surface area (Å²) in [6, 6.07) is 22.3. The van der Waals surface area contributed by atoms with Gasteiger partial charge >= 0.3 is 0 Å². The van der Waals surface area contributed by atoms with Crippen molar-refractivity contribution in [2.45, 2.75) is 64.3 Å². The maximum absolute atomic E-state index is 4.80. The summed E-state index contributed by atoms with van der Waals surface area (Å²) in [4.78, 5) is 0. The molecule has 0 N–H and O–H groups in total. The molecule has 2 aromatic carbocycles. The first-order valence-corrected chi connectivity index (χ1v) is 12.6. The van der Waals surface area contributed by atoms with Crippen LogP contribution in [0.2, 0.25) is 0 Å². The minimum absolute atomic E-state index is 0.0561. The van der Waals surface area contributed by atoms with Crippen molar-refractivity contribution in [2.75, 3.05) is 0 Å². The predicted molar refractivity (Wildman–Crippen MR) is 136 cm³/mol. The summed E-state index contributed by atoms with van der Waals surface area (Å²) < 4.78 is 2.12. The summed E-state index contributed by atoms with van der Waals surface area (Å²) in [6.07, 6.45) is 13.6. The van der Waals surface area contributed by atoms with Crippen LogP contribution in [0.25, 0.3) is 11.1 Å². The molecule has 3 aromatic rings. The van der Waals surface area contributed by atoms with E-state index in [0.717, 1.165) is 19.3 Å². The van der Waals surface area contributed by atoms with E-state index in [1.165, 1.54) is 48.8 Å². The van der Waals surface area contributed by atoms with Crippen LogP contribution in [-0.2, 0) is 0 Å². The number of aromatic nitrogens is 3. The normalized spacial score (nSPS) is 24.3. The molecule has 33 heavy (non-hydrogen) atoms. The van der Waals surface area contributed by atoms with Gasteiger partial charge in [-0.15, -0.1) is 5.10 Å². The van der Waals surface area contributed by atoms with E-state index in [1.54, 1.807) is 11.1 Å². The summed E-state index contributed by atoms with van der Waals surface area (Å²) >= 11 is 0. The number of unbranched alkanes of at least 4 members (excludes halogenated alkanes) is 3. The summed E-state index contributed by atoms with van der Waals surface area (Å²) in [5.41, 5.74) is 7.06. The number of benzene rings is 2. The van der Waals surface area contributed by atoms with Crippen LogP contribution in [0.15, 0.2) is 85.2 Å². The molecule has 0 radical (unpaired) electrons. The number of hydrogen-bond donors (Lipinski definition) is 0. The van der Waals surface area contributed by atoms with Gasteiger partial charge in [0.05, 0.1) is 12.2 Å². The van der Waals surface area contributed by atoms with Crippen LogP contribution in [0.5, 0.6) is 0 Å². The molecule has 1 heterocycles. The van der Waals surface area contributed by atoms with E-state index in [9.17, 15) is 0 Å². The fourth-order valence-electron chi connectivity index (χ4n) is 6.59. The predicted octanol–water partition coefficient (Wildman–Crippen LogP) is 7.76. The SMILES string of the molecule is C=C(c1ccccc1)[C@@]12CC[C@@H](n3ccnn3)[C@@H]1CC(CCCCCC)=C2c1ccccc1. The summed E-state index contributed by atoms with van der Waals surface area (Å²) in [5, 5.41) is 8.60. The Bertz CT molecular complexity index is 1100. The molecule has 0 amide bonds. The van der Waals surface area contributed by atoms with E-state index >= 15 is 0 Å². The molecular weight excluding hydrogens is 402 g/mol. The number of nitrogens with zero attached hydrogens (tertiary/aromatic N) is 3. The third kappa shape index (κ3) is 3.88. The molecular formula is C30H35N3. The van der Waals surface area contributed by atoms with Crippen molar-refractivity contribution in [3.63, 3.8) is 0 Å². The lowest BCUT2D eigenvalue weighted by atomic mass is 9.66. The van der Waals surface area contributed by atoms with Crippen LogP contribution in [0, 0.1) is 11.3 Å². The number of allylic oxidation sites excluding steroid dienone is 3. The summed E-state index contributed by atoms with van der Waals surface area (Å²) in [7, 11) is 0. The first kappa shape index (κ1) is 21.9. The second kappa shape index (κ2) is 9.51. The molecule has 0 saturated heterocycles. The van der Waals surface area contributed by atoms with Gasteiger partial charge in [0.25, 0.3) is 0 Å². The lowest BCUT2D eigenvalue weighted by Crippen LogP contribution is -2.28. The Hall–Kier alpha value is -2.94. The fourth-order valence-corrected chi connectivity index (χ4v) is 6.59. The highest BCUT2D eigenvalue weighted by molar-refractivity contribution is 5.90. The van der Waals surface area contributed by atoms with Crippen molar-refractivity contribution in [1.29, 1.82) is 0 Å². The van der Waals surface area contributed by atoms with E-state index in [0.29, 0.717) is 12.0 Å². The minimum atomic E-state index is -0.0561. The Balaban J connectivity index is 1.63. The topological polar surface area (TPSA) is 30.7 Å². The van der Waals surface area contributed by atoms with Gasteiger partial charge in [-0.05, 0) is 60.3 Å². The first-order valence-electron chi connectivity index (χ1n) is 12.6. The highest BCUT2D eigenvalue weighted by Gasteiger charge is 2.57. The molecule has 170 valence electrons. The highest BCUT2D eigenvalue weighted by Crippen LogP contribution is 2.68. The molecule has 0 bridgehead atoms. The molecule has 2 aliphatic carbocycles. The van der Waals surface area contributed by atoms with Gasteiger partial charge in [0.15, 0.2) is 0 Å². The smallest absolute Gasteiger partial charge is 0.0693 e. The van der Waals surface area contributed by atoms with Crippen LogP contribution in [0.4, 0.5) is 0 Å². The van der Waals surface area contributed by atoms with Crippen molar-refractivity contribution >= 4 is 11.1 Å². The van der Waals surface area contributed by atoms with Crippen molar-refractivity contribution < 1.29 is 0 Å². The standard InChI is InChI=1S/C30H35N3/c1-3-4-5-8-17-26-22-27-28(33-21-20-31-32-33)18-19-30(27,23(2)24-13-9-6-10-14-24)29(26)25-15-11-7-12-16-25/h6-7,9-16,20-21,27-28H,2-5,8,17-19,22H2,1H3/t27-,28+,30-/m0/s1. The third-order valence-electron chi connectivity index (χ3n) is 8.03. The lowest BCUT2D eigenvalue weighted by molar-refractivity contribution is 0.296. The van der Waals surface area contributed by atoms with Gasteiger partial charge in [0, 0.05) is 11.6 Å². The van der Waals surface area contributed by atoms with Crippen LogP contribution >= 0.6 is 0 Å². The van der Waals surface area contributed by atoms with Crippen molar-refractivity contribution in [2.24, 2.45) is 11.3 Å². The van der Waals surface area contributed by atoms with E-state index < -0.39 is 0 Å². The third-order valence-corrected chi connectivity index (χ3v) is 8.03. The quantitative estimate of drug-likeness (QED) is 0.320. The average molecular weight is 438 g/mol. The molecule has 1 fully saturated rings. The summed E-state index contributed by atoms with van der Waals surface area (Å²) in [6.45, 7) is 7.08. The zero-order chi connectivity index (χ0) is 22.7. The maximum atomic E-state index is 4.80. The van der Waals surface area contributed by atoms with E-state index in [-0.39, 0.29) is 5.41 Å². The van der Waals surface area contributed by atoms with Crippen LogP contribution in [0.1, 0.15) is 75.5 Å². The van der Waals surface area contributed by atoms with Crippen LogP contribution in [-0.4, -0.2) is 15.0 Å². The first-order chi connectivity index (χ1) is 16.3. The molecule has 3 nitrogen and oxygen atoms in total. The van der Waals surface area contributed by atoms with Crippen LogP contribution < -0.4 is 0 Å². The van der Waals surface area contributed by atoms with Gasteiger partial charge in [0.2, 0.25) is 0 Å². The Morgan fingerprint density at radius 1 is 1.03 bits per heavy atom. The molecule has 2 aliphatic rings.